The lowest BCUT2D eigenvalue weighted by atomic mass is 9.70. The van der Waals surface area contributed by atoms with Crippen molar-refractivity contribution >= 4 is 0 Å². The molecule has 0 fully saturated rings. The molecule has 0 unspecified atom stereocenters. The van der Waals surface area contributed by atoms with E-state index in [0.29, 0.717) is 0 Å². The Morgan fingerprint density at radius 2 is 1.04 bits per heavy atom. The SMILES string of the molecule is CCCc1cccc2c1-c1ccccc1C21c2ccccc2-c2ccccc21. The Balaban J connectivity index is 1.83. The molecule has 0 heterocycles. The summed E-state index contributed by atoms with van der Waals surface area (Å²) in [4.78, 5) is 0. The summed E-state index contributed by atoms with van der Waals surface area (Å²) in [6.07, 6.45) is 2.29. The zero-order valence-electron chi connectivity index (χ0n) is 16.1. The number of aryl methyl sites for hydroxylation is 1. The third kappa shape index (κ3) is 1.76. The van der Waals surface area contributed by atoms with Gasteiger partial charge in [0, 0.05) is 0 Å². The number of benzene rings is 4. The topological polar surface area (TPSA) is 0 Å². The van der Waals surface area contributed by atoms with E-state index in [1.165, 1.54) is 56.5 Å². The minimum atomic E-state index is -0.192. The predicted molar refractivity (Wildman–Crippen MR) is 117 cm³/mol. The van der Waals surface area contributed by atoms with E-state index in [1.54, 1.807) is 0 Å². The van der Waals surface area contributed by atoms with E-state index in [4.69, 9.17) is 0 Å². The fourth-order valence-electron chi connectivity index (χ4n) is 5.70. The molecule has 0 aromatic heterocycles. The van der Waals surface area contributed by atoms with Gasteiger partial charge in [0.2, 0.25) is 0 Å². The van der Waals surface area contributed by atoms with Crippen LogP contribution in [-0.4, -0.2) is 0 Å². The van der Waals surface area contributed by atoms with Gasteiger partial charge in [-0.25, -0.2) is 0 Å². The summed E-state index contributed by atoms with van der Waals surface area (Å²) in [5.74, 6) is 0. The lowest BCUT2D eigenvalue weighted by molar-refractivity contribution is 0.792. The summed E-state index contributed by atoms with van der Waals surface area (Å²) < 4.78 is 0. The molecule has 6 rings (SSSR count). The lowest BCUT2D eigenvalue weighted by Crippen LogP contribution is -2.25. The Bertz CT molecular complexity index is 1180. The molecule has 4 aromatic carbocycles. The summed E-state index contributed by atoms with van der Waals surface area (Å²) in [7, 11) is 0. The normalized spacial score (nSPS) is 14.5. The number of hydrogen-bond acceptors (Lipinski definition) is 0. The smallest absolute Gasteiger partial charge is 0.0651 e. The maximum Gasteiger partial charge on any atom is 0.0725 e. The van der Waals surface area contributed by atoms with Gasteiger partial charge in [0.25, 0.3) is 0 Å². The second-order valence-corrected chi connectivity index (χ2v) is 7.98. The van der Waals surface area contributed by atoms with Gasteiger partial charge in [-0.1, -0.05) is 104 Å². The van der Waals surface area contributed by atoms with Gasteiger partial charge in [-0.05, 0) is 56.5 Å². The van der Waals surface area contributed by atoms with Gasteiger partial charge in [-0.2, -0.15) is 0 Å². The fraction of sp³-hybridized carbons (Fsp3) is 0.143. The Morgan fingerprint density at radius 3 is 1.64 bits per heavy atom. The van der Waals surface area contributed by atoms with Gasteiger partial charge in [-0.15, -0.1) is 0 Å². The van der Waals surface area contributed by atoms with E-state index >= 15 is 0 Å². The molecule has 0 N–H and O–H groups in total. The first-order chi connectivity index (χ1) is 13.9. The number of hydrogen-bond donors (Lipinski definition) is 0. The van der Waals surface area contributed by atoms with Gasteiger partial charge in [0.05, 0.1) is 5.41 Å². The largest absolute Gasteiger partial charge is 0.0725 e. The molecule has 0 aliphatic heterocycles. The molecule has 0 saturated heterocycles. The summed E-state index contributed by atoms with van der Waals surface area (Å²) in [5, 5.41) is 0. The summed E-state index contributed by atoms with van der Waals surface area (Å²) in [6, 6.07) is 34.0. The monoisotopic (exact) mass is 358 g/mol. The van der Waals surface area contributed by atoms with Gasteiger partial charge in [-0.3, -0.25) is 0 Å². The van der Waals surface area contributed by atoms with Crippen molar-refractivity contribution in [1.29, 1.82) is 0 Å². The first kappa shape index (κ1) is 15.9. The standard InChI is InChI=1S/C28H22/c1-2-10-19-11-9-18-26-27(19)22-14-5-8-17-25(22)28(26)23-15-6-3-12-20(23)21-13-4-7-16-24(21)28/h3-9,11-18H,2,10H2,1H3. The zero-order chi connectivity index (χ0) is 18.7. The highest BCUT2D eigenvalue weighted by Gasteiger charge is 2.51. The second-order valence-electron chi connectivity index (χ2n) is 7.98. The second kappa shape index (κ2) is 5.69. The molecule has 0 atom stereocenters. The molecule has 0 nitrogen and oxygen atoms in total. The maximum atomic E-state index is 2.37. The molecule has 0 bridgehead atoms. The van der Waals surface area contributed by atoms with Crippen molar-refractivity contribution in [3.05, 3.63) is 119 Å². The molecule has 0 heteroatoms. The molecule has 0 saturated carbocycles. The van der Waals surface area contributed by atoms with Crippen molar-refractivity contribution in [2.24, 2.45) is 0 Å². The minimum absolute atomic E-state index is 0.192. The molecule has 1 spiro atoms. The highest BCUT2D eigenvalue weighted by molar-refractivity contribution is 5.95. The molecular weight excluding hydrogens is 336 g/mol. The lowest BCUT2D eigenvalue weighted by Gasteiger charge is -2.30. The zero-order valence-corrected chi connectivity index (χ0v) is 16.1. The van der Waals surface area contributed by atoms with Gasteiger partial charge < -0.3 is 0 Å². The first-order valence-corrected chi connectivity index (χ1v) is 10.3. The number of fused-ring (bicyclic) bond motifs is 10. The Kier molecular flexibility index (Phi) is 3.23. The fourth-order valence-corrected chi connectivity index (χ4v) is 5.70. The molecule has 134 valence electrons. The van der Waals surface area contributed by atoms with Crippen molar-refractivity contribution in [2.45, 2.75) is 25.2 Å². The third-order valence-electron chi connectivity index (χ3n) is 6.63. The van der Waals surface area contributed by atoms with E-state index in [0.717, 1.165) is 6.42 Å². The summed E-state index contributed by atoms with van der Waals surface area (Å²) in [6.45, 7) is 2.27. The van der Waals surface area contributed by atoms with Gasteiger partial charge in [0.1, 0.15) is 0 Å². The third-order valence-corrected chi connectivity index (χ3v) is 6.63. The molecule has 0 radical (unpaired) electrons. The van der Waals surface area contributed by atoms with E-state index in [2.05, 4.69) is 97.9 Å². The Labute approximate surface area is 166 Å². The van der Waals surface area contributed by atoms with Crippen LogP contribution in [0.5, 0.6) is 0 Å². The quantitative estimate of drug-likeness (QED) is 0.313. The predicted octanol–water partition coefficient (Wildman–Crippen LogP) is 6.98. The molecule has 2 aliphatic rings. The van der Waals surface area contributed by atoms with Crippen LogP contribution >= 0.6 is 0 Å². The van der Waals surface area contributed by atoms with Crippen LogP contribution < -0.4 is 0 Å². The Morgan fingerprint density at radius 1 is 0.536 bits per heavy atom. The van der Waals surface area contributed by atoms with Crippen LogP contribution in [0.4, 0.5) is 0 Å². The summed E-state index contributed by atoms with van der Waals surface area (Å²) in [5.41, 5.74) is 12.7. The van der Waals surface area contributed by atoms with Gasteiger partial charge in [0.15, 0.2) is 0 Å². The average molecular weight is 358 g/mol. The van der Waals surface area contributed by atoms with E-state index in [-0.39, 0.29) is 5.41 Å². The van der Waals surface area contributed by atoms with Crippen molar-refractivity contribution in [3.8, 4) is 22.3 Å². The number of rotatable bonds is 2. The van der Waals surface area contributed by atoms with Crippen LogP contribution in [-0.2, 0) is 11.8 Å². The van der Waals surface area contributed by atoms with E-state index in [1.807, 2.05) is 0 Å². The van der Waals surface area contributed by atoms with Crippen molar-refractivity contribution in [2.75, 3.05) is 0 Å². The molecule has 4 aromatic rings. The van der Waals surface area contributed by atoms with Crippen LogP contribution in [0.25, 0.3) is 22.3 Å². The first-order valence-electron chi connectivity index (χ1n) is 10.3. The molecule has 0 amide bonds. The Hall–Kier alpha value is -3.12. The molecular formula is C28H22. The van der Waals surface area contributed by atoms with Crippen LogP contribution in [0.1, 0.15) is 41.2 Å². The van der Waals surface area contributed by atoms with Crippen LogP contribution in [0.15, 0.2) is 91.0 Å². The van der Waals surface area contributed by atoms with Crippen molar-refractivity contribution in [3.63, 3.8) is 0 Å². The van der Waals surface area contributed by atoms with Crippen LogP contribution in [0, 0.1) is 0 Å². The van der Waals surface area contributed by atoms with Crippen LogP contribution in [0.3, 0.4) is 0 Å². The van der Waals surface area contributed by atoms with E-state index in [9.17, 15) is 0 Å². The van der Waals surface area contributed by atoms with Crippen LogP contribution in [0.2, 0.25) is 0 Å². The minimum Gasteiger partial charge on any atom is -0.0651 e. The highest BCUT2D eigenvalue weighted by atomic mass is 14.5. The molecule has 28 heavy (non-hydrogen) atoms. The van der Waals surface area contributed by atoms with Gasteiger partial charge >= 0.3 is 0 Å². The summed E-state index contributed by atoms with van der Waals surface area (Å²) >= 11 is 0. The molecule has 2 aliphatic carbocycles. The van der Waals surface area contributed by atoms with E-state index < -0.39 is 0 Å². The van der Waals surface area contributed by atoms with Crippen molar-refractivity contribution in [1.82, 2.24) is 0 Å². The maximum absolute atomic E-state index is 2.37. The highest BCUT2D eigenvalue weighted by Crippen LogP contribution is 2.63. The average Bonchev–Trinajstić information content (AvgIpc) is 3.22. The van der Waals surface area contributed by atoms with Crippen molar-refractivity contribution < 1.29 is 0 Å².